The van der Waals surface area contributed by atoms with Gasteiger partial charge in [0.05, 0.1) is 6.61 Å². The number of carbonyl (C=O) groups excluding carboxylic acids is 3. The van der Waals surface area contributed by atoms with Crippen LogP contribution in [0, 0.1) is 5.92 Å². The van der Waals surface area contributed by atoms with Crippen molar-refractivity contribution in [2.75, 3.05) is 12.4 Å². The van der Waals surface area contributed by atoms with Crippen LogP contribution in [-0.2, 0) is 24.0 Å². The first-order valence-corrected chi connectivity index (χ1v) is 9.40. The Bertz CT molecular complexity index is 616. The van der Waals surface area contributed by atoms with Crippen LogP contribution in [0.4, 0.5) is 0 Å². The zero-order valence-corrected chi connectivity index (χ0v) is 17.0. The maximum absolute atomic E-state index is 12.5. The van der Waals surface area contributed by atoms with Gasteiger partial charge < -0.3 is 37.0 Å². The zero-order valence-electron chi connectivity index (χ0n) is 16.1. The van der Waals surface area contributed by atoms with Crippen LogP contribution in [0.3, 0.4) is 0 Å². The van der Waals surface area contributed by atoms with Gasteiger partial charge in [0, 0.05) is 12.2 Å². The van der Waals surface area contributed by atoms with Gasteiger partial charge in [0.25, 0.3) is 0 Å². The number of carboxylic acids is 2. The van der Waals surface area contributed by atoms with Gasteiger partial charge in [-0.2, -0.15) is 12.6 Å². The lowest BCUT2D eigenvalue weighted by Gasteiger charge is -2.26. The quantitative estimate of drug-likeness (QED) is 0.141. The van der Waals surface area contributed by atoms with E-state index in [1.165, 1.54) is 0 Å². The van der Waals surface area contributed by atoms with Gasteiger partial charge in [-0.1, -0.05) is 13.8 Å². The number of hydrogen-bond donors (Lipinski definition) is 8. The van der Waals surface area contributed by atoms with Gasteiger partial charge in [-0.15, -0.1) is 0 Å². The maximum Gasteiger partial charge on any atom is 0.326 e. The molecule has 0 aliphatic carbocycles. The average Bonchev–Trinajstić information content (AvgIpc) is 2.65. The molecule has 0 radical (unpaired) electrons. The van der Waals surface area contributed by atoms with Crippen LogP contribution < -0.4 is 21.7 Å². The molecule has 0 fully saturated rings. The molecule has 0 saturated carbocycles. The van der Waals surface area contributed by atoms with E-state index in [1.807, 2.05) is 0 Å². The minimum Gasteiger partial charge on any atom is -0.481 e. The van der Waals surface area contributed by atoms with Crippen molar-refractivity contribution >= 4 is 42.3 Å². The highest BCUT2D eigenvalue weighted by atomic mass is 32.1. The fraction of sp³-hybridized carbons (Fsp3) is 0.688. The van der Waals surface area contributed by atoms with Crippen LogP contribution in [0.5, 0.6) is 0 Å². The van der Waals surface area contributed by atoms with Gasteiger partial charge in [-0.3, -0.25) is 19.2 Å². The number of aliphatic carboxylic acids is 2. The zero-order chi connectivity index (χ0) is 22.7. The van der Waals surface area contributed by atoms with E-state index in [2.05, 4.69) is 28.6 Å². The fourth-order valence-electron chi connectivity index (χ4n) is 2.13. The molecule has 29 heavy (non-hydrogen) atoms. The van der Waals surface area contributed by atoms with Crippen molar-refractivity contribution in [1.82, 2.24) is 16.0 Å². The second-order valence-corrected chi connectivity index (χ2v) is 6.96. The Labute approximate surface area is 173 Å². The van der Waals surface area contributed by atoms with E-state index in [9.17, 15) is 24.0 Å². The Morgan fingerprint density at radius 1 is 0.931 bits per heavy atom. The standard InChI is InChI=1S/C16H28N4O8S/c1-7(2)12(20-13(24)8(17)5-21)15(26)19-10(6-29)14(25)18-9(16(27)28)3-4-11(22)23/h7-10,12,21,29H,3-6,17H2,1-2H3,(H,18,25)(H,19,26)(H,20,24)(H,22,23)(H,27,28). The van der Waals surface area contributed by atoms with E-state index in [0.717, 1.165) is 0 Å². The first-order valence-electron chi connectivity index (χ1n) is 8.77. The van der Waals surface area contributed by atoms with Crippen molar-refractivity contribution in [2.45, 2.75) is 50.9 Å². The minimum atomic E-state index is -1.46. The van der Waals surface area contributed by atoms with Gasteiger partial charge >= 0.3 is 11.9 Å². The van der Waals surface area contributed by atoms with E-state index in [4.69, 9.17) is 21.1 Å². The molecular weight excluding hydrogens is 408 g/mol. The molecule has 4 atom stereocenters. The molecule has 0 bridgehead atoms. The number of nitrogens with two attached hydrogens (primary N) is 1. The summed E-state index contributed by atoms with van der Waals surface area (Å²) < 4.78 is 0. The molecule has 166 valence electrons. The number of thiol groups is 1. The second kappa shape index (κ2) is 13.0. The third-order valence-electron chi connectivity index (χ3n) is 3.86. The molecule has 0 saturated heterocycles. The van der Waals surface area contributed by atoms with Crippen molar-refractivity contribution in [3.8, 4) is 0 Å². The minimum absolute atomic E-state index is 0.183. The molecular formula is C16H28N4O8S. The predicted octanol–water partition coefficient (Wildman–Crippen LogP) is -2.70. The number of aliphatic hydroxyl groups is 1. The van der Waals surface area contributed by atoms with Crippen molar-refractivity contribution in [2.24, 2.45) is 11.7 Å². The number of rotatable bonds is 13. The molecule has 0 heterocycles. The summed E-state index contributed by atoms with van der Waals surface area (Å²) in [6, 6.07) is -4.99. The van der Waals surface area contributed by atoms with Crippen LogP contribution in [0.25, 0.3) is 0 Å². The molecule has 0 spiro atoms. The number of hydrogen-bond acceptors (Lipinski definition) is 8. The predicted molar refractivity (Wildman–Crippen MR) is 104 cm³/mol. The third kappa shape index (κ3) is 9.58. The van der Waals surface area contributed by atoms with Gasteiger partial charge in [0.1, 0.15) is 24.2 Å². The molecule has 0 aromatic heterocycles. The molecule has 12 nitrogen and oxygen atoms in total. The highest BCUT2D eigenvalue weighted by molar-refractivity contribution is 7.80. The van der Waals surface area contributed by atoms with E-state index < -0.39 is 72.8 Å². The monoisotopic (exact) mass is 436 g/mol. The van der Waals surface area contributed by atoms with Crippen LogP contribution >= 0.6 is 12.6 Å². The van der Waals surface area contributed by atoms with E-state index >= 15 is 0 Å². The molecule has 8 N–H and O–H groups in total. The summed E-state index contributed by atoms with van der Waals surface area (Å²) in [4.78, 5) is 58.5. The van der Waals surface area contributed by atoms with Crippen molar-refractivity contribution < 1.29 is 39.3 Å². The van der Waals surface area contributed by atoms with Gasteiger partial charge in [-0.25, -0.2) is 4.79 Å². The first-order chi connectivity index (χ1) is 13.4. The van der Waals surface area contributed by atoms with E-state index in [0.29, 0.717) is 0 Å². The highest BCUT2D eigenvalue weighted by Gasteiger charge is 2.31. The normalized spacial score (nSPS) is 15.0. The summed E-state index contributed by atoms with van der Waals surface area (Å²) in [6.07, 6.45) is -0.810. The molecule has 13 heteroatoms. The van der Waals surface area contributed by atoms with Crippen LogP contribution in [0.15, 0.2) is 0 Å². The Morgan fingerprint density at radius 3 is 1.90 bits per heavy atom. The number of carboxylic acid groups (broad SMARTS) is 2. The Balaban J connectivity index is 5.12. The Kier molecular flexibility index (Phi) is 11.9. The molecule has 0 aliphatic rings. The summed E-state index contributed by atoms with van der Waals surface area (Å²) in [6.45, 7) is 2.65. The Morgan fingerprint density at radius 2 is 1.48 bits per heavy atom. The van der Waals surface area contributed by atoms with Crippen molar-refractivity contribution in [3.05, 3.63) is 0 Å². The summed E-state index contributed by atoms with van der Waals surface area (Å²) in [7, 11) is 0. The van der Waals surface area contributed by atoms with Crippen molar-refractivity contribution in [3.63, 3.8) is 0 Å². The van der Waals surface area contributed by atoms with Gasteiger partial charge in [0.2, 0.25) is 17.7 Å². The SMILES string of the molecule is CC(C)C(NC(=O)C(N)CO)C(=O)NC(CS)C(=O)NC(CCC(=O)O)C(=O)O. The van der Waals surface area contributed by atoms with Gasteiger partial charge in [0.15, 0.2) is 0 Å². The molecule has 0 aromatic rings. The first kappa shape index (κ1) is 26.6. The molecule has 0 aliphatic heterocycles. The number of aliphatic hydroxyl groups excluding tert-OH is 1. The number of carbonyl (C=O) groups is 5. The van der Waals surface area contributed by atoms with Crippen LogP contribution in [0.2, 0.25) is 0 Å². The highest BCUT2D eigenvalue weighted by Crippen LogP contribution is 2.05. The molecule has 0 aromatic carbocycles. The summed E-state index contributed by atoms with van der Waals surface area (Å²) >= 11 is 3.97. The second-order valence-electron chi connectivity index (χ2n) is 6.59. The smallest absolute Gasteiger partial charge is 0.326 e. The average molecular weight is 436 g/mol. The van der Waals surface area contributed by atoms with E-state index in [-0.39, 0.29) is 12.2 Å². The van der Waals surface area contributed by atoms with E-state index in [1.54, 1.807) is 13.8 Å². The molecule has 3 amide bonds. The largest absolute Gasteiger partial charge is 0.481 e. The summed E-state index contributed by atoms with van der Waals surface area (Å²) in [5.74, 6) is -5.58. The molecule has 0 rings (SSSR count). The van der Waals surface area contributed by atoms with Gasteiger partial charge in [-0.05, 0) is 12.3 Å². The molecule has 4 unspecified atom stereocenters. The van der Waals surface area contributed by atoms with Crippen LogP contribution in [0.1, 0.15) is 26.7 Å². The number of nitrogens with one attached hydrogen (secondary N) is 3. The van der Waals surface area contributed by atoms with Crippen LogP contribution in [-0.4, -0.2) is 81.5 Å². The Hall–Kier alpha value is -2.38. The lowest BCUT2D eigenvalue weighted by atomic mass is 10.0. The lowest BCUT2D eigenvalue weighted by molar-refractivity contribution is -0.143. The topological polar surface area (TPSA) is 208 Å². The third-order valence-corrected chi connectivity index (χ3v) is 4.22. The lowest BCUT2D eigenvalue weighted by Crippen LogP contribution is -2.59. The summed E-state index contributed by atoms with van der Waals surface area (Å²) in [5.41, 5.74) is 5.41. The summed E-state index contributed by atoms with van der Waals surface area (Å²) in [5, 5.41) is 33.6. The number of amides is 3. The fourth-order valence-corrected chi connectivity index (χ4v) is 2.39. The maximum atomic E-state index is 12.5. The van der Waals surface area contributed by atoms with Crippen molar-refractivity contribution in [1.29, 1.82) is 0 Å².